The molecule has 1 aromatic carbocycles. The Morgan fingerprint density at radius 3 is 2.72 bits per heavy atom. The largest absolute Gasteiger partial charge is 0.321 e. The Morgan fingerprint density at radius 1 is 1.17 bits per heavy atom. The molecule has 0 fully saturated rings. The van der Waals surface area contributed by atoms with Crippen LogP contribution in [0, 0.1) is 12.7 Å². The monoisotopic (exact) mass is 247 g/mol. The second kappa shape index (κ2) is 6.14. The van der Waals surface area contributed by atoms with E-state index in [1.165, 1.54) is 31.3 Å². The maximum absolute atomic E-state index is 13.6. The van der Waals surface area contributed by atoms with Crippen LogP contribution in [0.1, 0.15) is 55.7 Å². The van der Waals surface area contributed by atoms with Crippen LogP contribution in [0.3, 0.4) is 0 Å². The summed E-state index contributed by atoms with van der Waals surface area (Å²) in [7, 11) is 0. The molecule has 1 unspecified atom stereocenters. The van der Waals surface area contributed by atoms with E-state index in [1.54, 1.807) is 13.0 Å². The summed E-state index contributed by atoms with van der Waals surface area (Å²) in [4.78, 5) is 0. The van der Waals surface area contributed by atoms with E-state index in [2.05, 4.69) is 6.08 Å². The Bertz CT molecular complexity index is 437. The van der Waals surface area contributed by atoms with Crippen molar-refractivity contribution in [2.45, 2.75) is 51.5 Å². The second-order valence-corrected chi connectivity index (χ2v) is 5.22. The lowest BCUT2D eigenvalue weighted by atomic mass is 9.91. The van der Waals surface area contributed by atoms with E-state index in [0.717, 1.165) is 18.4 Å². The van der Waals surface area contributed by atoms with Crippen LogP contribution >= 0.6 is 0 Å². The van der Waals surface area contributed by atoms with Gasteiger partial charge in [-0.1, -0.05) is 36.6 Å². The molecule has 0 spiro atoms. The van der Waals surface area contributed by atoms with Gasteiger partial charge in [0.15, 0.2) is 0 Å². The number of nitrogens with two attached hydrogens (primary N) is 1. The third-order valence-corrected chi connectivity index (χ3v) is 3.78. The van der Waals surface area contributed by atoms with E-state index in [0.29, 0.717) is 5.56 Å². The fourth-order valence-electron chi connectivity index (χ4n) is 2.52. The number of hydrogen-bond acceptors (Lipinski definition) is 1. The lowest BCUT2D eigenvalue weighted by molar-refractivity contribution is 0.595. The molecule has 1 aliphatic rings. The molecule has 2 rings (SSSR count). The molecular formula is C16H22FN. The van der Waals surface area contributed by atoms with Crippen molar-refractivity contribution in [2.75, 3.05) is 0 Å². The molecule has 1 atom stereocenters. The zero-order valence-electron chi connectivity index (χ0n) is 11.1. The van der Waals surface area contributed by atoms with Crippen molar-refractivity contribution < 1.29 is 4.39 Å². The van der Waals surface area contributed by atoms with Crippen molar-refractivity contribution in [1.29, 1.82) is 0 Å². The lowest BCUT2D eigenvalue weighted by Crippen LogP contribution is -2.14. The maximum atomic E-state index is 13.6. The van der Waals surface area contributed by atoms with Crippen molar-refractivity contribution in [3.8, 4) is 0 Å². The SMILES string of the molecule is Cc1ccc(C(N)/C2=C/CCCCCC2)cc1F. The molecule has 0 heterocycles. The quantitative estimate of drug-likeness (QED) is 0.769. The molecule has 2 N–H and O–H groups in total. The molecule has 98 valence electrons. The fourth-order valence-corrected chi connectivity index (χ4v) is 2.52. The second-order valence-electron chi connectivity index (χ2n) is 5.22. The van der Waals surface area contributed by atoms with Gasteiger partial charge in [-0.25, -0.2) is 4.39 Å². The van der Waals surface area contributed by atoms with Crippen LogP contribution in [0.15, 0.2) is 29.8 Å². The highest BCUT2D eigenvalue weighted by molar-refractivity contribution is 5.31. The van der Waals surface area contributed by atoms with Crippen molar-refractivity contribution in [3.63, 3.8) is 0 Å². The summed E-state index contributed by atoms with van der Waals surface area (Å²) < 4.78 is 13.6. The molecule has 1 aliphatic carbocycles. The van der Waals surface area contributed by atoms with Crippen molar-refractivity contribution in [3.05, 3.63) is 46.8 Å². The molecule has 0 saturated carbocycles. The Morgan fingerprint density at radius 2 is 1.94 bits per heavy atom. The van der Waals surface area contributed by atoms with Crippen LogP contribution < -0.4 is 5.73 Å². The van der Waals surface area contributed by atoms with Crippen molar-refractivity contribution in [2.24, 2.45) is 5.73 Å². The molecule has 0 aliphatic heterocycles. The predicted molar refractivity (Wildman–Crippen MR) is 73.9 cm³/mol. The number of halogens is 1. The Hall–Kier alpha value is -1.15. The fraction of sp³-hybridized carbons (Fsp3) is 0.500. The first-order valence-electron chi connectivity index (χ1n) is 6.89. The van der Waals surface area contributed by atoms with Gasteiger partial charge < -0.3 is 5.73 Å². The minimum Gasteiger partial charge on any atom is -0.321 e. The molecule has 18 heavy (non-hydrogen) atoms. The first-order chi connectivity index (χ1) is 8.68. The summed E-state index contributed by atoms with van der Waals surface area (Å²) in [5, 5.41) is 0. The minimum absolute atomic E-state index is 0.141. The molecule has 0 saturated heterocycles. The summed E-state index contributed by atoms with van der Waals surface area (Å²) in [6, 6.07) is 5.20. The van der Waals surface area contributed by atoms with Crippen LogP contribution in [0.5, 0.6) is 0 Å². The zero-order chi connectivity index (χ0) is 13.0. The van der Waals surface area contributed by atoms with Gasteiger partial charge in [-0.15, -0.1) is 0 Å². The first kappa shape index (κ1) is 13.3. The summed E-state index contributed by atoms with van der Waals surface area (Å²) in [5.74, 6) is -0.158. The lowest BCUT2D eigenvalue weighted by Gasteiger charge is -2.19. The van der Waals surface area contributed by atoms with Gasteiger partial charge in [-0.2, -0.15) is 0 Å². The molecule has 0 aromatic heterocycles. The van der Waals surface area contributed by atoms with Gasteiger partial charge in [0.2, 0.25) is 0 Å². The van der Waals surface area contributed by atoms with Gasteiger partial charge in [0.25, 0.3) is 0 Å². The molecular weight excluding hydrogens is 225 g/mol. The topological polar surface area (TPSA) is 26.0 Å². The maximum Gasteiger partial charge on any atom is 0.126 e. The third-order valence-electron chi connectivity index (χ3n) is 3.78. The molecule has 1 nitrogen and oxygen atoms in total. The average molecular weight is 247 g/mol. The Balaban J connectivity index is 2.18. The van der Waals surface area contributed by atoms with E-state index < -0.39 is 0 Å². The highest BCUT2D eigenvalue weighted by Gasteiger charge is 2.14. The standard InChI is InChI=1S/C16H22FN/c1-12-9-10-14(11-15(12)17)16(18)13-7-5-3-2-4-6-8-13/h7,9-11,16H,2-6,8,18H2,1H3/b13-7+. The summed E-state index contributed by atoms with van der Waals surface area (Å²) in [6.45, 7) is 1.78. The van der Waals surface area contributed by atoms with Crippen LogP contribution in [-0.2, 0) is 0 Å². The molecule has 0 radical (unpaired) electrons. The molecule has 2 heteroatoms. The van der Waals surface area contributed by atoms with Crippen LogP contribution in [0.4, 0.5) is 4.39 Å². The number of benzene rings is 1. The number of allylic oxidation sites excluding steroid dienone is 1. The third kappa shape index (κ3) is 3.20. The van der Waals surface area contributed by atoms with Crippen molar-refractivity contribution >= 4 is 0 Å². The number of rotatable bonds is 2. The number of aryl methyl sites for hydroxylation is 1. The Kier molecular flexibility index (Phi) is 4.54. The predicted octanol–water partition coefficient (Wildman–Crippen LogP) is 4.41. The van der Waals surface area contributed by atoms with Gasteiger partial charge in [-0.05, 0) is 49.8 Å². The van der Waals surface area contributed by atoms with Gasteiger partial charge in [-0.3, -0.25) is 0 Å². The molecule has 0 amide bonds. The Labute approximate surface area is 109 Å². The van der Waals surface area contributed by atoms with E-state index >= 15 is 0 Å². The van der Waals surface area contributed by atoms with Gasteiger partial charge >= 0.3 is 0 Å². The summed E-state index contributed by atoms with van der Waals surface area (Å²) in [6.07, 6.45) is 9.48. The first-order valence-corrected chi connectivity index (χ1v) is 6.89. The summed E-state index contributed by atoms with van der Waals surface area (Å²) in [5.41, 5.74) is 9.12. The summed E-state index contributed by atoms with van der Waals surface area (Å²) >= 11 is 0. The minimum atomic E-state index is -0.158. The molecule has 0 bridgehead atoms. The average Bonchev–Trinajstić information content (AvgIpc) is 2.31. The number of hydrogen-bond donors (Lipinski definition) is 1. The smallest absolute Gasteiger partial charge is 0.126 e. The van der Waals surface area contributed by atoms with Gasteiger partial charge in [0.1, 0.15) is 5.82 Å². The van der Waals surface area contributed by atoms with Gasteiger partial charge in [0.05, 0.1) is 6.04 Å². The highest BCUT2D eigenvalue weighted by Crippen LogP contribution is 2.27. The highest BCUT2D eigenvalue weighted by atomic mass is 19.1. The van der Waals surface area contributed by atoms with Crippen LogP contribution in [-0.4, -0.2) is 0 Å². The van der Waals surface area contributed by atoms with E-state index in [-0.39, 0.29) is 11.9 Å². The van der Waals surface area contributed by atoms with Gasteiger partial charge in [0, 0.05) is 0 Å². The zero-order valence-corrected chi connectivity index (χ0v) is 11.1. The van der Waals surface area contributed by atoms with Crippen LogP contribution in [0.25, 0.3) is 0 Å². The van der Waals surface area contributed by atoms with E-state index in [4.69, 9.17) is 5.73 Å². The van der Waals surface area contributed by atoms with E-state index in [9.17, 15) is 4.39 Å². The van der Waals surface area contributed by atoms with E-state index in [1.807, 2.05) is 12.1 Å². The van der Waals surface area contributed by atoms with Crippen LogP contribution in [0.2, 0.25) is 0 Å². The molecule has 1 aromatic rings. The van der Waals surface area contributed by atoms with Crippen molar-refractivity contribution in [1.82, 2.24) is 0 Å². The normalized spacial score (nSPS) is 21.6.